The SMILES string of the molecule is CC(C)(C)NN.CCc1ccc(C(=O)Cl)cc1.Cl.O=C(Cl)c1ccccc1. The first-order valence-corrected chi connectivity index (χ1v) is 8.87. The lowest BCUT2D eigenvalue weighted by Crippen LogP contribution is -2.41. The largest absolute Gasteiger partial charge is 0.276 e. The van der Waals surface area contributed by atoms with Crippen molar-refractivity contribution in [1.82, 2.24) is 5.43 Å². The van der Waals surface area contributed by atoms with Crippen LogP contribution in [0.2, 0.25) is 0 Å². The van der Waals surface area contributed by atoms with Gasteiger partial charge in [-0.05, 0) is 68.1 Å². The molecule has 0 amide bonds. The van der Waals surface area contributed by atoms with Gasteiger partial charge in [0.25, 0.3) is 10.5 Å². The summed E-state index contributed by atoms with van der Waals surface area (Å²) in [5.41, 5.74) is 4.99. The number of hydrogen-bond acceptors (Lipinski definition) is 4. The number of hydrazine groups is 1. The molecular formula is C20H27Cl3N2O2. The van der Waals surface area contributed by atoms with Crippen molar-refractivity contribution in [2.24, 2.45) is 5.84 Å². The Morgan fingerprint density at radius 3 is 1.52 bits per heavy atom. The van der Waals surface area contributed by atoms with Gasteiger partial charge in [0.05, 0.1) is 0 Å². The molecule has 2 rings (SSSR count). The number of benzene rings is 2. The van der Waals surface area contributed by atoms with Crippen LogP contribution in [0.15, 0.2) is 54.6 Å². The zero-order chi connectivity index (χ0) is 20.2. The maximum absolute atomic E-state index is 10.6. The minimum Gasteiger partial charge on any atom is -0.276 e. The Balaban J connectivity index is 0. The molecule has 0 saturated heterocycles. The summed E-state index contributed by atoms with van der Waals surface area (Å²) in [6.45, 7) is 8.09. The normalized spacial score (nSPS) is 9.59. The van der Waals surface area contributed by atoms with Crippen molar-refractivity contribution in [3.05, 3.63) is 71.3 Å². The van der Waals surface area contributed by atoms with Crippen LogP contribution < -0.4 is 11.3 Å². The monoisotopic (exact) mass is 432 g/mol. The molecule has 2 aromatic rings. The summed E-state index contributed by atoms with van der Waals surface area (Å²) in [6, 6.07) is 16.0. The highest BCUT2D eigenvalue weighted by atomic mass is 35.5. The van der Waals surface area contributed by atoms with Crippen LogP contribution >= 0.6 is 35.6 Å². The van der Waals surface area contributed by atoms with E-state index in [4.69, 9.17) is 29.0 Å². The van der Waals surface area contributed by atoms with Gasteiger partial charge < -0.3 is 0 Å². The molecule has 0 aliphatic heterocycles. The number of rotatable bonds is 3. The Labute approximate surface area is 177 Å². The number of hydrogen-bond donors (Lipinski definition) is 2. The third kappa shape index (κ3) is 14.3. The Morgan fingerprint density at radius 1 is 0.889 bits per heavy atom. The molecule has 27 heavy (non-hydrogen) atoms. The zero-order valence-electron chi connectivity index (χ0n) is 16.0. The second-order valence-corrected chi connectivity index (χ2v) is 7.04. The van der Waals surface area contributed by atoms with E-state index in [0.29, 0.717) is 11.1 Å². The Kier molecular flexibility index (Phi) is 15.0. The molecule has 0 spiro atoms. The molecule has 0 heterocycles. The van der Waals surface area contributed by atoms with E-state index in [-0.39, 0.29) is 17.9 Å². The molecule has 0 saturated carbocycles. The highest BCUT2D eigenvalue weighted by Crippen LogP contribution is 2.07. The van der Waals surface area contributed by atoms with E-state index >= 15 is 0 Å². The second kappa shape index (κ2) is 14.6. The average Bonchev–Trinajstić information content (AvgIpc) is 2.63. The Bertz CT molecular complexity index is 670. The summed E-state index contributed by atoms with van der Waals surface area (Å²) in [7, 11) is 0. The number of halogens is 3. The van der Waals surface area contributed by atoms with Crippen molar-refractivity contribution >= 4 is 46.1 Å². The average molecular weight is 434 g/mol. The lowest BCUT2D eigenvalue weighted by atomic mass is 10.1. The van der Waals surface area contributed by atoms with Crippen LogP contribution in [0.1, 0.15) is 54.0 Å². The van der Waals surface area contributed by atoms with Crippen molar-refractivity contribution in [2.75, 3.05) is 0 Å². The molecule has 0 unspecified atom stereocenters. The van der Waals surface area contributed by atoms with E-state index < -0.39 is 10.5 Å². The fraction of sp³-hybridized carbons (Fsp3) is 0.300. The summed E-state index contributed by atoms with van der Waals surface area (Å²) in [4.78, 5) is 21.0. The van der Waals surface area contributed by atoms with Crippen LogP contribution in [0.3, 0.4) is 0 Å². The van der Waals surface area contributed by atoms with Crippen LogP contribution in [-0.2, 0) is 6.42 Å². The number of nitrogens with two attached hydrogens (primary N) is 1. The van der Waals surface area contributed by atoms with Crippen molar-refractivity contribution < 1.29 is 9.59 Å². The van der Waals surface area contributed by atoms with Gasteiger partial charge in [-0.2, -0.15) is 0 Å². The standard InChI is InChI=1S/C9H9ClO.C7H5ClO.C4H12N2.ClH/c1-2-7-3-5-8(6-4-7)9(10)11;8-7(9)6-4-2-1-3-5-6;1-4(2,3)6-5;/h3-6H,2H2,1H3;1-5H;6H,5H2,1-3H3;1H. The topological polar surface area (TPSA) is 72.2 Å². The first kappa shape index (κ1) is 27.8. The van der Waals surface area contributed by atoms with E-state index in [1.54, 1.807) is 36.4 Å². The third-order valence-corrected chi connectivity index (χ3v) is 3.46. The predicted molar refractivity (Wildman–Crippen MR) is 117 cm³/mol. The molecular weight excluding hydrogens is 407 g/mol. The lowest BCUT2D eigenvalue weighted by Gasteiger charge is -2.14. The van der Waals surface area contributed by atoms with Gasteiger partial charge in [0.15, 0.2) is 0 Å². The molecule has 2 aromatic carbocycles. The van der Waals surface area contributed by atoms with E-state index in [1.807, 2.05) is 39.0 Å². The molecule has 0 radical (unpaired) electrons. The molecule has 4 nitrogen and oxygen atoms in total. The molecule has 0 aliphatic carbocycles. The van der Waals surface area contributed by atoms with Gasteiger partial charge >= 0.3 is 0 Å². The molecule has 0 fully saturated rings. The van der Waals surface area contributed by atoms with Crippen LogP contribution in [-0.4, -0.2) is 16.0 Å². The van der Waals surface area contributed by atoms with Crippen molar-refractivity contribution in [2.45, 2.75) is 39.7 Å². The molecule has 0 atom stereocenters. The Morgan fingerprint density at radius 2 is 1.26 bits per heavy atom. The molecule has 0 aromatic heterocycles. The van der Waals surface area contributed by atoms with Crippen molar-refractivity contribution in [1.29, 1.82) is 0 Å². The van der Waals surface area contributed by atoms with Gasteiger partial charge in [0, 0.05) is 16.7 Å². The fourth-order valence-electron chi connectivity index (χ4n) is 1.44. The van der Waals surface area contributed by atoms with Gasteiger partial charge in [0.1, 0.15) is 0 Å². The summed E-state index contributed by atoms with van der Waals surface area (Å²) >= 11 is 10.4. The van der Waals surface area contributed by atoms with Crippen LogP contribution in [0.5, 0.6) is 0 Å². The quantitative estimate of drug-likeness (QED) is 0.388. The van der Waals surface area contributed by atoms with Crippen LogP contribution in [0.25, 0.3) is 0 Å². The smallest absolute Gasteiger partial charge is 0.252 e. The van der Waals surface area contributed by atoms with Gasteiger partial charge in [-0.1, -0.05) is 49.4 Å². The van der Waals surface area contributed by atoms with E-state index in [0.717, 1.165) is 6.42 Å². The minimum atomic E-state index is -0.407. The predicted octanol–water partition coefficient (Wildman–Crippen LogP) is 5.36. The fourth-order valence-corrected chi connectivity index (χ4v) is 1.69. The first-order valence-electron chi connectivity index (χ1n) is 8.12. The number of carbonyl (C=O) groups excluding carboxylic acids is 2. The first-order chi connectivity index (χ1) is 12.1. The number of aryl methyl sites for hydroxylation is 1. The second-order valence-electron chi connectivity index (χ2n) is 6.36. The molecule has 3 N–H and O–H groups in total. The number of nitrogens with one attached hydrogen (secondary N) is 1. The van der Waals surface area contributed by atoms with Gasteiger partial charge in [-0.15, -0.1) is 12.4 Å². The molecule has 0 aliphatic rings. The highest BCUT2D eigenvalue weighted by molar-refractivity contribution is 6.68. The third-order valence-electron chi connectivity index (χ3n) is 3.02. The molecule has 150 valence electrons. The van der Waals surface area contributed by atoms with Gasteiger partial charge in [0.2, 0.25) is 0 Å². The van der Waals surface area contributed by atoms with E-state index in [2.05, 4.69) is 12.3 Å². The van der Waals surface area contributed by atoms with Crippen molar-refractivity contribution in [3.63, 3.8) is 0 Å². The van der Waals surface area contributed by atoms with Gasteiger partial charge in [-0.25, -0.2) is 0 Å². The Hall–Kier alpha value is -1.43. The summed E-state index contributed by atoms with van der Waals surface area (Å²) in [5, 5.41) is -0.803. The molecule has 7 heteroatoms. The lowest BCUT2D eigenvalue weighted by molar-refractivity contribution is 0.107. The number of carbonyl (C=O) groups is 2. The van der Waals surface area contributed by atoms with Crippen LogP contribution in [0, 0.1) is 0 Å². The maximum atomic E-state index is 10.6. The summed E-state index contributed by atoms with van der Waals surface area (Å²) in [5.74, 6) is 5.06. The highest BCUT2D eigenvalue weighted by Gasteiger charge is 2.02. The van der Waals surface area contributed by atoms with Crippen molar-refractivity contribution in [3.8, 4) is 0 Å². The molecule has 0 bridgehead atoms. The zero-order valence-corrected chi connectivity index (χ0v) is 18.3. The maximum Gasteiger partial charge on any atom is 0.252 e. The minimum absolute atomic E-state index is 0. The summed E-state index contributed by atoms with van der Waals surface area (Å²) in [6.07, 6.45) is 0.983. The summed E-state index contributed by atoms with van der Waals surface area (Å²) < 4.78 is 0. The van der Waals surface area contributed by atoms with E-state index in [9.17, 15) is 9.59 Å². The van der Waals surface area contributed by atoms with E-state index in [1.165, 1.54) is 5.56 Å². The van der Waals surface area contributed by atoms with Gasteiger partial charge in [-0.3, -0.25) is 20.9 Å². The van der Waals surface area contributed by atoms with Crippen LogP contribution in [0.4, 0.5) is 0 Å².